The molecule has 4 nitrogen and oxygen atoms in total. The van der Waals surface area contributed by atoms with Crippen molar-refractivity contribution in [3.63, 3.8) is 0 Å². The van der Waals surface area contributed by atoms with Crippen molar-refractivity contribution in [2.75, 3.05) is 13.7 Å². The van der Waals surface area contributed by atoms with Crippen LogP contribution in [0.3, 0.4) is 0 Å². The van der Waals surface area contributed by atoms with E-state index in [-0.39, 0.29) is 11.9 Å². The summed E-state index contributed by atoms with van der Waals surface area (Å²) < 4.78 is 10.1. The zero-order chi connectivity index (χ0) is 14.3. The van der Waals surface area contributed by atoms with Crippen molar-refractivity contribution in [3.8, 4) is 5.75 Å². The van der Waals surface area contributed by atoms with Gasteiger partial charge >= 0.3 is 5.97 Å². The van der Waals surface area contributed by atoms with Crippen LogP contribution in [-0.4, -0.2) is 24.8 Å². The van der Waals surface area contributed by atoms with Gasteiger partial charge in [0.1, 0.15) is 5.75 Å². The molecule has 0 heterocycles. The third kappa shape index (κ3) is 4.91. The number of aliphatic hydroxyl groups is 1. The van der Waals surface area contributed by atoms with Crippen LogP contribution < -0.4 is 4.74 Å². The Morgan fingerprint density at radius 1 is 1.32 bits per heavy atom. The molecule has 0 radical (unpaired) electrons. The second-order valence-electron chi connectivity index (χ2n) is 4.59. The van der Waals surface area contributed by atoms with E-state index in [1.807, 2.05) is 31.2 Å². The van der Waals surface area contributed by atoms with E-state index in [1.165, 1.54) is 7.11 Å². The second kappa shape index (κ2) is 7.79. The minimum Gasteiger partial charge on any atom is -0.494 e. The minimum atomic E-state index is -0.672. The van der Waals surface area contributed by atoms with Gasteiger partial charge in [-0.3, -0.25) is 4.79 Å². The van der Waals surface area contributed by atoms with E-state index in [0.717, 1.165) is 17.7 Å². The topological polar surface area (TPSA) is 55.8 Å². The first-order valence-electron chi connectivity index (χ1n) is 6.57. The Bertz CT molecular complexity index is 386. The lowest BCUT2D eigenvalue weighted by molar-refractivity contribution is -0.145. The molecule has 0 aromatic heterocycles. The number of esters is 1. The number of methoxy groups -OCH3 is 1. The SMILES string of the molecule is CCCOc1ccc(C(O)CC(C)C(=O)OC)cc1. The summed E-state index contributed by atoms with van der Waals surface area (Å²) in [6, 6.07) is 7.30. The summed E-state index contributed by atoms with van der Waals surface area (Å²) in [5.41, 5.74) is 0.777. The lowest BCUT2D eigenvalue weighted by Gasteiger charge is -2.15. The number of carbonyl (C=O) groups is 1. The predicted octanol–water partition coefficient (Wildman–Crippen LogP) is 2.71. The number of hydrogen-bond acceptors (Lipinski definition) is 4. The molecule has 106 valence electrons. The maximum Gasteiger partial charge on any atom is 0.308 e. The van der Waals surface area contributed by atoms with Gasteiger partial charge in [0.05, 0.1) is 25.7 Å². The van der Waals surface area contributed by atoms with Crippen molar-refractivity contribution in [3.05, 3.63) is 29.8 Å². The summed E-state index contributed by atoms with van der Waals surface area (Å²) in [5, 5.41) is 10.1. The van der Waals surface area contributed by atoms with Gasteiger partial charge in [0, 0.05) is 0 Å². The van der Waals surface area contributed by atoms with E-state index >= 15 is 0 Å². The van der Waals surface area contributed by atoms with Crippen molar-refractivity contribution in [1.29, 1.82) is 0 Å². The lowest BCUT2D eigenvalue weighted by atomic mass is 9.98. The second-order valence-corrected chi connectivity index (χ2v) is 4.59. The molecule has 1 N–H and O–H groups in total. The van der Waals surface area contributed by atoms with Gasteiger partial charge in [0.25, 0.3) is 0 Å². The fraction of sp³-hybridized carbons (Fsp3) is 0.533. The van der Waals surface area contributed by atoms with Gasteiger partial charge in [-0.15, -0.1) is 0 Å². The molecule has 0 saturated carbocycles. The van der Waals surface area contributed by atoms with Crippen LogP contribution in [0.25, 0.3) is 0 Å². The zero-order valence-corrected chi connectivity index (χ0v) is 11.8. The number of carbonyl (C=O) groups excluding carboxylic acids is 1. The normalized spacial score (nSPS) is 13.7. The Morgan fingerprint density at radius 3 is 2.47 bits per heavy atom. The summed E-state index contributed by atoms with van der Waals surface area (Å²) in [5.74, 6) is 0.164. The number of rotatable bonds is 7. The molecule has 4 heteroatoms. The maximum atomic E-state index is 11.3. The molecule has 0 bridgehead atoms. The molecule has 19 heavy (non-hydrogen) atoms. The largest absolute Gasteiger partial charge is 0.494 e. The van der Waals surface area contributed by atoms with Gasteiger partial charge < -0.3 is 14.6 Å². The van der Waals surface area contributed by atoms with Crippen molar-refractivity contribution in [1.82, 2.24) is 0 Å². The van der Waals surface area contributed by atoms with Gasteiger partial charge in [-0.2, -0.15) is 0 Å². The average Bonchev–Trinajstić information content (AvgIpc) is 2.44. The summed E-state index contributed by atoms with van der Waals surface area (Å²) in [7, 11) is 1.35. The molecule has 1 aromatic rings. The first kappa shape index (κ1) is 15.5. The highest BCUT2D eigenvalue weighted by molar-refractivity contribution is 5.71. The molecule has 0 aliphatic carbocycles. The van der Waals surface area contributed by atoms with Crippen LogP contribution in [0.5, 0.6) is 5.75 Å². The van der Waals surface area contributed by atoms with Gasteiger partial charge in [-0.25, -0.2) is 0 Å². The molecule has 0 aliphatic rings. The van der Waals surface area contributed by atoms with Gasteiger partial charge in [-0.1, -0.05) is 26.0 Å². The predicted molar refractivity (Wildman–Crippen MR) is 73.0 cm³/mol. The Morgan fingerprint density at radius 2 is 1.95 bits per heavy atom. The third-order valence-corrected chi connectivity index (χ3v) is 2.92. The number of ether oxygens (including phenoxy) is 2. The number of aliphatic hydroxyl groups excluding tert-OH is 1. The molecule has 0 amide bonds. The Balaban J connectivity index is 2.57. The van der Waals surface area contributed by atoms with E-state index in [2.05, 4.69) is 4.74 Å². The third-order valence-electron chi connectivity index (χ3n) is 2.92. The molecular weight excluding hydrogens is 244 g/mol. The first-order chi connectivity index (χ1) is 9.08. The fourth-order valence-corrected chi connectivity index (χ4v) is 1.77. The monoisotopic (exact) mass is 266 g/mol. The molecule has 2 atom stereocenters. The molecule has 1 rings (SSSR count). The van der Waals surface area contributed by atoms with Crippen LogP contribution in [-0.2, 0) is 9.53 Å². The van der Waals surface area contributed by atoms with E-state index in [4.69, 9.17) is 4.74 Å². The fourth-order valence-electron chi connectivity index (χ4n) is 1.77. The first-order valence-corrected chi connectivity index (χ1v) is 6.57. The van der Waals surface area contributed by atoms with E-state index < -0.39 is 6.10 Å². The van der Waals surface area contributed by atoms with Crippen LogP contribution in [0.2, 0.25) is 0 Å². The molecule has 0 aliphatic heterocycles. The van der Waals surface area contributed by atoms with Crippen LogP contribution in [0, 0.1) is 5.92 Å². The summed E-state index contributed by atoms with van der Waals surface area (Å²) in [6.45, 7) is 4.47. The van der Waals surface area contributed by atoms with E-state index in [1.54, 1.807) is 6.92 Å². The maximum absolute atomic E-state index is 11.3. The standard InChI is InChI=1S/C15H22O4/c1-4-9-19-13-7-5-12(6-8-13)14(16)10-11(2)15(17)18-3/h5-8,11,14,16H,4,9-10H2,1-3H3. The average molecular weight is 266 g/mol. The Kier molecular flexibility index (Phi) is 6.36. The smallest absolute Gasteiger partial charge is 0.308 e. The van der Waals surface area contributed by atoms with Gasteiger partial charge in [0.15, 0.2) is 0 Å². The number of benzene rings is 1. The molecule has 0 saturated heterocycles. The molecule has 1 aromatic carbocycles. The van der Waals surface area contributed by atoms with Gasteiger partial charge in [-0.05, 0) is 30.5 Å². The van der Waals surface area contributed by atoms with Crippen LogP contribution in [0.1, 0.15) is 38.4 Å². The molecule has 2 unspecified atom stereocenters. The zero-order valence-electron chi connectivity index (χ0n) is 11.8. The van der Waals surface area contributed by atoms with Crippen LogP contribution in [0.4, 0.5) is 0 Å². The molecule has 0 spiro atoms. The Labute approximate surface area is 114 Å². The van der Waals surface area contributed by atoms with E-state index in [0.29, 0.717) is 13.0 Å². The van der Waals surface area contributed by atoms with Crippen molar-refractivity contribution in [2.45, 2.75) is 32.8 Å². The molecule has 0 fully saturated rings. The van der Waals surface area contributed by atoms with Crippen molar-refractivity contribution in [2.24, 2.45) is 5.92 Å². The highest BCUT2D eigenvalue weighted by Crippen LogP contribution is 2.24. The summed E-state index contributed by atoms with van der Waals surface area (Å²) in [6.07, 6.45) is 0.636. The Hall–Kier alpha value is -1.55. The minimum absolute atomic E-state index is 0.304. The summed E-state index contributed by atoms with van der Waals surface area (Å²) in [4.78, 5) is 11.3. The highest BCUT2D eigenvalue weighted by Gasteiger charge is 2.18. The quantitative estimate of drug-likeness (QED) is 0.771. The summed E-state index contributed by atoms with van der Waals surface area (Å²) >= 11 is 0. The van der Waals surface area contributed by atoms with Crippen molar-refractivity contribution >= 4 is 5.97 Å². The molecular formula is C15H22O4. The van der Waals surface area contributed by atoms with Crippen LogP contribution >= 0.6 is 0 Å². The highest BCUT2D eigenvalue weighted by atomic mass is 16.5. The van der Waals surface area contributed by atoms with Crippen molar-refractivity contribution < 1.29 is 19.4 Å². The lowest BCUT2D eigenvalue weighted by Crippen LogP contribution is -2.16. The van der Waals surface area contributed by atoms with Gasteiger partial charge in [0.2, 0.25) is 0 Å². The number of hydrogen-bond donors (Lipinski definition) is 1. The van der Waals surface area contributed by atoms with Crippen LogP contribution in [0.15, 0.2) is 24.3 Å². The van der Waals surface area contributed by atoms with E-state index in [9.17, 15) is 9.90 Å².